The minimum Gasteiger partial charge on any atom is -0.343 e. The molecule has 1 aliphatic heterocycles. The topological polar surface area (TPSA) is 58.1 Å². The molecule has 0 saturated carbocycles. The van der Waals surface area contributed by atoms with Crippen molar-refractivity contribution in [2.24, 2.45) is 0 Å². The van der Waals surface area contributed by atoms with E-state index in [1.807, 2.05) is 59.6 Å². The lowest BCUT2D eigenvalue weighted by molar-refractivity contribution is -0.132. The largest absolute Gasteiger partial charge is 0.343 e. The number of carbonyl (C=O) groups excluding carboxylic acids is 1. The normalized spacial score (nSPS) is 14.5. The van der Waals surface area contributed by atoms with Crippen molar-refractivity contribution >= 4 is 29.0 Å². The Balaban J connectivity index is 1.26. The zero-order chi connectivity index (χ0) is 20.8. The molecule has 0 atom stereocenters. The molecular formula is C24H25ClN4O. The van der Waals surface area contributed by atoms with Gasteiger partial charge in [-0.2, -0.15) is 0 Å². The number of nitrogens with zero attached hydrogens (tertiary/aromatic N) is 3. The Morgan fingerprint density at radius 2 is 1.93 bits per heavy atom. The van der Waals surface area contributed by atoms with Crippen molar-refractivity contribution in [3.8, 4) is 0 Å². The highest BCUT2D eigenvalue weighted by Gasteiger charge is 2.24. The summed E-state index contributed by atoms with van der Waals surface area (Å²) in [6.07, 6.45) is 6.76. The highest BCUT2D eigenvalue weighted by atomic mass is 35.5. The molecule has 1 aliphatic rings. The van der Waals surface area contributed by atoms with Crippen LogP contribution in [0.4, 0.5) is 11.5 Å². The monoisotopic (exact) mass is 420 g/mol. The molecule has 5 nitrogen and oxygen atoms in total. The first kappa shape index (κ1) is 20.4. The van der Waals surface area contributed by atoms with E-state index in [9.17, 15) is 4.79 Å². The highest BCUT2D eigenvalue weighted by Crippen LogP contribution is 2.28. The maximum absolute atomic E-state index is 12.6. The number of pyridine rings is 2. The number of hydrogen-bond acceptors (Lipinski definition) is 4. The van der Waals surface area contributed by atoms with Crippen LogP contribution < -0.4 is 5.32 Å². The summed E-state index contributed by atoms with van der Waals surface area (Å²) in [6, 6.07) is 17.6. The second kappa shape index (κ2) is 9.72. The molecule has 1 aromatic carbocycles. The minimum absolute atomic E-state index is 0.219. The van der Waals surface area contributed by atoms with Crippen molar-refractivity contribution < 1.29 is 4.79 Å². The Morgan fingerprint density at radius 1 is 1.07 bits per heavy atom. The molecule has 3 heterocycles. The third-order valence-corrected chi connectivity index (χ3v) is 5.74. The smallest absolute Gasteiger partial charge is 0.222 e. The van der Waals surface area contributed by atoms with Gasteiger partial charge < -0.3 is 10.2 Å². The van der Waals surface area contributed by atoms with Crippen molar-refractivity contribution in [1.82, 2.24) is 14.9 Å². The number of likely N-dealkylation sites (tertiary alicyclic amines) is 1. The van der Waals surface area contributed by atoms with Gasteiger partial charge in [0.15, 0.2) is 0 Å². The predicted octanol–water partition coefficient (Wildman–Crippen LogP) is 5.21. The van der Waals surface area contributed by atoms with E-state index >= 15 is 0 Å². The summed E-state index contributed by atoms with van der Waals surface area (Å²) in [5, 5.41) is 3.97. The Hall–Kier alpha value is -2.92. The van der Waals surface area contributed by atoms with Crippen LogP contribution >= 0.6 is 11.6 Å². The molecule has 0 radical (unpaired) electrons. The van der Waals surface area contributed by atoms with Gasteiger partial charge in [-0.25, -0.2) is 4.98 Å². The molecule has 3 aromatic rings. The summed E-state index contributed by atoms with van der Waals surface area (Å²) < 4.78 is 0. The summed E-state index contributed by atoms with van der Waals surface area (Å²) in [4.78, 5) is 23.5. The lowest BCUT2D eigenvalue weighted by atomic mass is 9.92. The second-order valence-electron chi connectivity index (χ2n) is 7.60. The quantitative estimate of drug-likeness (QED) is 0.594. The standard InChI is InChI=1S/C24H25ClN4O/c25-20-5-3-4-18(16-20)7-10-24(30)29-14-11-19(12-15-29)22-9-8-21(17-27-22)28-23-6-1-2-13-26-23/h1-6,8-9,13,16-17,19H,7,10-12,14-15H2,(H,26,28). The van der Waals surface area contributed by atoms with Crippen LogP contribution in [0.15, 0.2) is 67.0 Å². The fourth-order valence-corrected chi connectivity index (χ4v) is 4.04. The first-order valence-electron chi connectivity index (χ1n) is 10.3. The molecule has 154 valence electrons. The molecule has 0 aliphatic carbocycles. The van der Waals surface area contributed by atoms with Gasteiger partial charge in [0, 0.05) is 42.3 Å². The van der Waals surface area contributed by atoms with Crippen LogP contribution in [-0.4, -0.2) is 33.9 Å². The van der Waals surface area contributed by atoms with E-state index in [0.717, 1.165) is 60.1 Å². The first-order chi connectivity index (χ1) is 14.7. The number of amides is 1. The number of anilines is 2. The van der Waals surface area contributed by atoms with Gasteiger partial charge in [0.25, 0.3) is 0 Å². The first-order valence-corrected chi connectivity index (χ1v) is 10.7. The molecule has 1 fully saturated rings. The van der Waals surface area contributed by atoms with Gasteiger partial charge in [0.1, 0.15) is 5.82 Å². The summed E-state index contributed by atoms with van der Waals surface area (Å²) in [5.74, 6) is 1.42. The average molecular weight is 421 g/mol. The lowest BCUT2D eigenvalue weighted by Gasteiger charge is -2.32. The zero-order valence-corrected chi connectivity index (χ0v) is 17.6. The van der Waals surface area contributed by atoms with Gasteiger partial charge in [0.05, 0.1) is 11.9 Å². The summed E-state index contributed by atoms with van der Waals surface area (Å²) in [5.41, 5.74) is 3.12. The van der Waals surface area contributed by atoms with E-state index in [0.29, 0.717) is 12.3 Å². The molecule has 4 rings (SSSR count). The lowest BCUT2D eigenvalue weighted by Crippen LogP contribution is -2.38. The van der Waals surface area contributed by atoms with Crippen LogP contribution in [0, 0.1) is 0 Å². The third kappa shape index (κ3) is 5.36. The van der Waals surface area contributed by atoms with Gasteiger partial charge in [-0.05, 0) is 61.2 Å². The van der Waals surface area contributed by atoms with Gasteiger partial charge in [-0.15, -0.1) is 0 Å². The number of nitrogens with one attached hydrogen (secondary N) is 1. The van der Waals surface area contributed by atoms with E-state index in [2.05, 4.69) is 21.4 Å². The molecule has 2 aromatic heterocycles. The zero-order valence-electron chi connectivity index (χ0n) is 16.8. The van der Waals surface area contributed by atoms with Gasteiger partial charge in [-0.3, -0.25) is 9.78 Å². The SMILES string of the molecule is O=C(CCc1cccc(Cl)c1)N1CCC(c2ccc(Nc3ccccn3)cn2)CC1. The fraction of sp³-hybridized carbons (Fsp3) is 0.292. The van der Waals surface area contributed by atoms with E-state index in [-0.39, 0.29) is 5.91 Å². The average Bonchev–Trinajstić information content (AvgIpc) is 2.79. The van der Waals surface area contributed by atoms with Gasteiger partial charge in [0.2, 0.25) is 5.91 Å². The molecule has 0 unspecified atom stereocenters. The van der Waals surface area contributed by atoms with Crippen LogP contribution in [0.25, 0.3) is 0 Å². The summed E-state index contributed by atoms with van der Waals surface area (Å²) in [6.45, 7) is 1.57. The van der Waals surface area contributed by atoms with Gasteiger partial charge >= 0.3 is 0 Å². The van der Waals surface area contributed by atoms with Crippen molar-refractivity contribution in [2.45, 2.75) is 31.6 Å². The number of piperidine rings is 1. The number of hydrogen-bond donors (Lipinski definition) is 1. The molecule has 1 N–H and O–H groups in total. The van der Waals surface area contributed by atoms with E-state index < -0.39 is 0 Å². The molecule has 0 bridgehead atoms. The molecule has 1 saturated heterocycles. The third-order valence-electron chi connectivity index (χ3n) is 5.51. The number of halogens is 1. The number of rotatable bonds is 6. The van der Waals surface area contributed by atoms with Crippen molar-refractivity contribution in [3.05, 3.63) is 83.3 Å². The van der Waals surface area contributed by atoms with Crippen LogP contribution in [0.3, 0.4) is 0 Å². The van der Waals surface area contributed by atoms with E-state index in [1.54, 1.807) is 6.20 Å². The van der Waals surface area contributed by atoms with Crippen molar-refractivity contribution in [3.63, 3.8) is 0 Å². The maximum Gasteiger partial charge on any atom is 0.222 e. The van der Waals surface area contributed by atoms with E-state index in [4.69, 9.17) is 11.6 Å². The molecule has 6 heteroatoms. The Bertz CT molecular complexity index is 970. The molecule has 1 amide bonds. The van der Waals surface area contributed by atoms with Gasteiger partial charge in [-0.1, -0.05) is 29.8 Å². The van der Waals surface area contributed by atoms with Crippen LogP contribution in [-0.2, 0) is 11.2 Å². The number of aryl methyl sites for hydroxylation is 1. The molecule has 30 heavy (non-hydrogen) atoms. The maximum atomic E-state index is 12.6. The Morgan fingerprint density at radius 3 is 2.63 bits per heavy atom. The highest BCUT2D eigenvalue weighted by molar-refractivity contribution is 6.30. The van der Waals surface area contributed by atoms with E-state index in [1.165, 1.54) is 0 Å². The molecule has 0 spiro atoms. The Kier molecular flexibility index (Phi) is 6.60. The summed E-state index contributed by atoms with van der Waals surface area (Å²) >= 11 is 6.03. The Labute approximate surface area is 182 Å². The second-order valence-corrected chi connectivity index (χ2v) is 8.03. The van der Waals surface area contributed by atoms with Crippen molar-refractivity contribution in [2.75, 3.05) is 18.4 Å². The summed E-state index contributed by atoms with van der Waals surface area (Å²) in [7, 11) is 0. The fourth-order valence-electron chi connectivity index (χ4n) is 3.83. The number of aromatic nitrogens is 2. The minimum atomic E-state index is 0.219. The molecular weight excluding hydrogens is 396 g/mol. The van der Waals surface area contributed by atoms with Crippen LogP contribution in [0.1, 0.15) is 36.4 Å². The number of benzene rings is 1. The van der Waals surface area contributed by atoms with Crippen LogP contribution in [0.5, 0.6) is 0 Å². The van der Waals surface area contributed by atoms with Crippen molar-refractivity contribution in [1.29, 1.82) is 0 Å². The predicted molar refractivity (Wildman–Crippen MR) is 120 cm³/mol. The van der Waals surface area contributed by atoms with Crippen LogP contribution in [0.2, 0.25) is 5.02 Å². The number of carbonyl (C=O) groups is 1.